The summed E-state index contributed by atoms with van der Waals surface area (Å²) in [5.41, 5.74) is 3.42. The summed E-state index contributed by atoms with van der Waals surface area (Å²) in [5.74, 6) is 0.964. The first-order valence-electron chi connectivity index (χ1n) is 7.23. The Morgan fingerprint density at radius 3 is 2.89 bits per heavy atom. The van der Waals surface area contributed by atoms with Crippen molar-refractivity contribution in [3.05, 3.63) is 29.3 Å². The van der Waals surface area contributed by atoms with Crippen molar-refractivity contribution < 1.29 is 4.79 Å². The maximum absolute atomic E-state index is 12.3. The molecule has 3 rings (SSSR count). The summed E-state index contributed by atoms with van der Waals surface area (Å²) in [7, 11) is 0. The van der Waals surface area contributed by atoms with Crippen molar-refractivity contribution in [3.63, 3.8) is 0 Å². The highest BCUT2D eigenvalue weighted by Gasteiger charge is 2.19. The molecule has 0 radical (unpaired) electrons. The molecule has 1 aromatic rings. The van der Waals surface area contributed by atoms with E-state index in [9.17, 15) is 4.79 Å². The Morgan fingerprint density at radius 2 is 2.06 bits per heavy atom. The molecule has 2 nitrogen and oxygen atoms in total. The number of hydrogen-bond donors (Lipinski definition) is 1. The van der Waals surface area contributed by atoms with E-state index in [-0.39, 0.29) is 0 Å². The third-order valence-corrected chi connectivity index (χ3v) is 4.34. The highest BCUT2D eigenvalue weighted by Crippen LogP contribution is 2.29. The van der Waals surface area contributed by atoms with Crippen molar-refractivity contribution in [2.45, 2.75) is 44.9 Å². The molecule has 2 aliphatic rings. The fourth-order valence-corrected chi connectivity index (χ4v) is 3.24. The second kappa shape index (κ2) is 5.13. The highest BCUT2D eigenvalue weighted by atomic mass is 16.1. The Labute approximate surface area is 109 Å². The molecule has 1 heterocycles. The van der Waals surface area contributed by atoms with Crippen molar-refractivity contribution >= 4 is 11.5 Å². The molecule has 0 spiro atoms. The van der Waals surface area contributed by atoms with Crippen molar-refractivity contribution in [1.82, 2.24) is 0 Å². The SMILES string of the molecule is O=C(CC1CCCCC1)c1ccc2c(c1)NCC2. The van der Waals surface area contributed by atoms with Gasteiger partial charge in [-0.3, -0.25) is 4.79 Å². The van der Waals surface area contributed by atoms with Gasteiger partial charge in [0, 0.05) is 24.2 Å². The first-order chi connectivity index (χ1) is 8.83. The quantitative estimate of drug-likeness (QED) is 0.818. The number of fused-ring (bicyclic) bond motifs is 1. The predicted octanol–water partition coefficient (Wildman–Crippen LogP) is 3.81. The fourth-order valence-electron chi connectivity index (χ4n) is 3.24. The smallest absolute Gasteiger partial charge is 0.163 e. The lowest BCUT2D eigenvalue weighted by Gasteiger charge is -2.20. The van der Waals surface area contributed by atoms with E-state index in [0.29, 0.717) is 11.7 Å². The van der Waals surface area contributed by atoms with Gasteiger partial charge in [0.1, 0.15) is 0 Å². The fraction of sp³-hybridized carbons (Fsp3) is 0.562. The van der Waals surface area contributed by atoms with Crippen molar-refractivity contribution in [1.29, 1.82) is 0 Å². The summed E-state index contributed by atoms with van der Waals surface area (Å²) in [5, 5.41) is 3.35. The van der Waals surface area contributed by atoms with Crippen molar-refractivity contribution in [2.24, 2.45) is 5.92 Å². The molecular weight excluding hydrogens is 222 g/mol. The molecule has 18 heavy (non-hydrogen) atoms. The number of benzene rings is 1. The minimum atomic E-state index is 0.332. The number of ketones is 1. The molecule has 1 fully saturated rings. The first-order valence-corrected chi connectivity index (χ1v) is 7.23. The number of carbonyl (C=O) groups is 1. The lowest BCUT2D eigenvalue weighted by atomic mass is 9.84. The van der Waals surface area contributed by atoms with E-state index in [4.69, 9.17) is 0 Å². The Balaban J connectivity index is 1.68. The third kappa shape index (κ3) is 2.43. The molecule has 0 saturated heterocycles. The van der Waals surface area contributed by atoms with Crippen LogP contribution < -0.4 is 5.32 Å². The molecule has 1 N–H and O–H groups in total. The van der Waals surface area contributed by atoms with Crippen LogP contribution in [0, 0.1) is 5.92 Å². The van der Waals surface area contributed by atoms with Gasteiger partial charge in [0.15, 0.2) is 5.78 Å². The van der Waals surface area contributed by atoms with Gasteiger partial charge in [-0.2, -0.15) is 0 Å². The van der Waals surface area contributed by atoms with Gasteiger partial charge in [0.2, 0.25) is 0 Å². The average molecular weight is 243 g/mol. The largest absolute Gasteiger partial charge is 0.384 e. The van der Waals surface area contributed by atoms with Crippen LogP contribution in [0.5, 0.6) is 0 Å². The number of anilines is 1. The molecule has 0 atom stereocenters. The molecule has 1 saturated carbocycles. The van der Waals surface area contributed by atoms with E-state index in [2.05, 4.69) is 11.4 Å². The lowest BCUT2D eigenvalue weighted by Crippen LogP contribution is -2.12. The second-order valence-corrected chi connectivity index (χ2v) is 5.68. The average Bonchev–Trinajstić information content (AvgIpc) is 2.87. The van der Waals surface area contributed by atoms with Crippen molar-refractivity contribution in [2.75, 3.05) is 11.9 Å². The lowest BCUT2D eigenvalue weighted by molar-refractivity contribution is 0.0950. The summed E-state index contributed by atoms with van der Waals surface area (Å²) in [6.07, 6.45) is 8.30. The topological polar surface area (TPSA) is 29.1 Å². The monoisotopic (exact) mass is 243 g/mol. The maximum atomic E-state index is 12.3. The Morgan fingerprint density at radius 1 is 1.22 bits per heavy atom. The molecule has 0 aromatic heterocycles. The number of carbonyl (C=O) groups excluding carboxylic acids is 1. The normalized spacial score (nSPS) is 19.3. The summed E-state index contributed by atoms with van der Waals surface area (Å²) in [6.45, 7) is 1.01. The van der Waals surface area contributed by atoms with E-state index in [0.717, 1.165) is 24.9 Å². The van der Waals surface area contributed by atoms with Crippen LogP contribution in [0.15, 0.2) is 18.2 Å². The predicted molar refractivity (Wildman–Crippen MR) is 74.2 cm³/mol. The van der Waals surface area contributed by atoms with Crippen LogP contribution in [0.1, 0.15) is 54.4 Å². The van der Waals surface area contributed by atoms with Crippen LogP contribution in [0.3, 0.4) is 0 Å². The Hall–Kier alpha value is -1.31. The molecule has 1 aliphatic heterocycles. The Kier molecular flexibility index (Phi) is 3.35. The van der Waals surface area contributed by atoms with Gasteiger partial charge in [-0.05, 0) is 24.0 Å². The van der Waals surface area contributed by atoms with E-state index in [1.807, 2.05) is 12.1 Å². The first kappa shape index (κ1) is 11.8. The molecule has 0 unspecified atom stereocenters. The summed E-state index contributed by atoms with van der Waals surface area (Å²) in [4.78, 5) is 12.3. The number of nitrogens with one attached hydrogen (secondary N) is 1. The summed E-state index contributed by atoms with van der Waals surface area (Å²) >= 11 is 0. The van der Waals surface area contributed by atoms with Gasteiger partial charge in [-0.25, -0.2) is 0 Å². The van der Waals surface area contributed by atoms with Crippen LogP contribution in [-0.4, -0.2) is 12.3 Å². The van der Waals surface area contributed by atoms with E-state index in [1.54, 1.807) is 0 Å². The minimum absolute atomic E-state index is 0.332. The van der Waals surface area contributed by atoms with Crippen LogP contribution in [-0.2, 0) is 6.42 Å². The van der Waals surface area contributed by atoms with Crippen LogP contribution in [0.25, 0.3) is 0 Å². The minimum Gasteiger partial charge on any atom is -0.384 e. The van der Waals surface area contributed by atoms with Gasteiger partial charge in [0.25, 0.3) is 0 Å². The summed E-state index contributed by atoms with van der Waals surface area (Å²) in [6, 6.07) is 6.17. The third-order valence-electron chi connectivity index (χ3n) is 4.34. The molecule has 0 amide bonds. The maximum Gasteiger partial charge on any atom is 0.163 e. The second-order valence-electron chi connectivity index (χ2n) is 5.68. The van der Waals surface area contributed by atoms with E-state index < -0.39 is 0 Å². The molecule has 2 heteroatoms. The highest BCUT2D eigenvalue weighted by molar-refractivity contribution is 5.97. The summed E-state index contributed by atoms with van der Waals surface area (Å²) < 4.78 is 0. The van der Waals surface area contributed by atoms with E-state index >= 15 is 0 Å². The van der Waals surface area contributed by atoms with E-state index in [1.165, 1.54) is 43.4 Å². The Bertz CT molecular complexity index is 446. The zero-order valence-electron chi connectivity index (χ0n) is 10.9. The zero-order valence-corrected chi connectivity index (χ0v) is 10.9. The molecule has 1 aromatic carbocycles. The molecule has 1 aliphatic carbocycles. The van der Waals surface area contributed by atoms with Gasteiger partial charge < -0.3 is 5.32 Å². The van der Waals surface area contributed by atoms with Crippen LogP contribution >= 0.6 is 0 Å². The van der Waals surface area contributed by atoms with Gasteiger partial charge >= 0.3 is 0 Å². The standard InChI is InChI=1S/C16H21NO/c18-16(10-12-4-2-1-3-5-12)14-7-6-13-8-9-17-15(13)11-14/h6-7,11-12,17H,1-5,8-10H2. The van der Waals surface area contributed by atoms with Crippen LogP contribution in [0.2, 0.25) is 0 Å². The van der Waals surface area contributed by atoms with Gasteiger partial charge in [0.05, 0.1) is 0 Å². The van der Waals surface area contributed by atoms with Gasteiger partial charge in [-0.15, -0.1) is 0 Å². The van der Waals surface area contributed by atoms with Gasteiger partial charge in [-0.1, -0.05) is 44.2 Å². The number of hydrogen-bond acceptors (Lipinski definition) is 2. The number of Topliss-reactive ketones (excluding diaryl/α,β-unsaturated/α-hetero) is 1. The number of rotatable bonds is 3. The zero-order chi connectivity index (χ0) is 12.4. The molecule has 96 valence electrons. The van der Waals surface area contributed by atoms with Crippen LogP contribution in [0.4, 0.5) is 5.69 Å². The van der Waals surface area contributed by atoms with Crippen molar-refractivity contribution in [3.8, 4) is 0 Å². The molecule has 0 bridgehead atoms. The molecular formula is C16H21NO.